The van der Waals surface area contributed by atoms with Crippen LogP contribution in [0.5, 0.6) is 0 Å². The van der Waals surface area contributed by atoms with E-state index >= 15 is 0 Å². The van der Waals surface area contributed by atoms with Crippen LogP contribution in [-0.4, -0.2) is 30.8 Å². The van der Waals surface area contributed by atoms with Gasteiger partial charge in [-0.3, -0.25) is 0 Å². The second kappa shape index (κ2) is 4.55. The van der Waals surface area contributed by atoms with Gasteiger partial charge in [-0.05, 0) is 0 Å². The lowest BCUT2D eigenvalue weighted by atomic mass is 10.6. The Balaban J connectivity index is 2.82. The Bertz CT molecular complexity index is 73.7. The summed E-state index contributed by atoms with van der Waals surface area (Å²) in [5, 5.41) is 20.1. The van der Waals surface area contributed by atoms with Gasteiger partial charge in [-0.15, -0.1) is 0 Å². The third kappa shape index (κ3) is 5.39. The summed E-state index contributed by atoms with van der Waals surface area (Å²) in [7, 11) is 0. The Morgan fingerprint density at radius 2 is 2.38 bits per heavy atom. The largest absolute Gasteiger partial charge is 0.549 e. The van der Waals surface area contributed by atoms with Crippen LogP contribution in [0.15, 0.2) is 0 Å². The van der Waals surface area contributed by atoms with Crippen molar-refractivity contribution < 1.29 is 15.0 Å². The van der Waals surface area contributed by atoms with Gasteiger partial charge in [0.15, 0.2) is 0 Å². The van der Waals surface area contributed by atoms with E-state index in [1.807, 2.05) is 0 Å². The van der Waals surface area contributed by atoms with Crippen molar-refractivity contribution in [2.75, 3.05) is 19.7 Å². The molecule has 0 spiro atoms. The minimum atomic E-state index is -1.15. The fourth-order valence-corrected chi connectivity index (χ4v) is 0.270. The molecule has 0 aromatic rings. The molecule has 0 aliphatic carbocycles. The van der Waals surface area contributed by atoms with Crippen LogP contribution in [0.1, 0.15) is 0 Å². The molecule has 4 heteroatoms. The molecule has 0 bridgehead atoms. The standard InChI is InChI=1S/C4H9NO3/c6-2-1-5-3-4(7)8/h5-6H,1-3H2,(H,7,8)/p-1. The molecule has 2 N–H and O–H groups in total. The number of aliphatic hydroxyl groups excluding tert-OH is 1. The Kier molecular flexibility index (Phi) is 4.20. The predicted molar refractivity (Wildman–Crippen MR) is 25.0 cm³/mol. The van der Waals surface area contributed by atoms with Crippen molar-refractivity contribution in [2.45, 2.75) is 0 Å². The molecule has 0 atom stereocenters. The second-order valence-corrected chi connectivity index (χ2v) is 1.27. The summed E-state index contributed by atoms with van der Waals surface area (Å²) in [5.74, 6) is -1.15. The number of carboxylic acid groups (broad SMARTS) is 1. The molecule has 48 valence electrons. The number of nitrogens with one attached hydrogen (secondary N) is 1. The van der Waals surface area contributed by atoms with Crippen molar-refractivity contribution in [3.05, 3.63) is 0 Å². The lowest BCUT2D eigenvalue weighted by molar-refractivity contribution is -0.304. The monoisotopic (exact) mass is 118 g/mol. The molecule has 8 heavy (non-hydrogen) atoms. The Labute approximate surface area is 47.1 Å². The van der Waals surface area contributed by atoms with Crippen molar-refractivity contribution in [3.63, 3.8) is 0 Å². The smallest absolute Gasteiger partial charge is 0.0556 e. The van der Waals surface area contributed by atoms with Gasteiger partial charge in [-0.25, -0.2) is 0 Å². The van der Waals surface area contributed by atoms with Crippen LogP contribution in [0.4, 0.5) is 0 Å². The highest BCUT2D eigenvalue weighted by Gasteiger charge is 1.81. The van der Waals surface area contributed by atoms with Gasteiger partial charge in [-0.1, -0.05) is 0 Å². The third-order valence-electron chi connectivity index (χ3n) is 0.558. The first kappa shape index (κ1) is 7.39. The zero-order valence-corrected chi connectivity index (χ0v) is 4.39. The number of hydrogen-bond acceptors (Lipinski definition) is 4. The number of carbonyl (C=O) groups excluding carboxylic acids is 1. The lowest BCUT2D eigenvalue weighted by Crippen LogP contribution is -2.35. The predicted octanol–water partition coefficient (Wildman–Crippen LogP) is -2.68. The van der Waals surface area contributed by atoms with Gasteiger partial charge in [0.1, 0.15) is 0 Å². The van der Waals surface area contributed by atoms with Crippen LogP contribution in [-0.2, 0) is 4.79 Å². The molecule has 0 rings (SSSR count). The molecule has 0 amide bonds. The number of aliphatic carboxylic acids is 1. The topological polar surface area (TPSA) is 72.4 Å². The summed E-state index contributed by atoms with van der Waals surface area (Å²) in [5.41, 5.74) is 0. The van der Waals surface area contributed by atoms with Crippen LogP contribution in [0.2, 0.25) is 0 Å². The molecule has 0 fully saturated rings. The van der Waals surface area contributed by atoms with Gasteiger partial charge in [0.05, 0.1) is 12.6 Å². The summed E-state index contributed by atoms with van der Waals surface area (Å²) in [6.45, 7) is 0.0574. The van der Waals surface area contributed by atoms with E-state index < -0.39 is 5.97 Å². The molecule has 0 saturated carbocycles. The molecule has 0 aromatic heterocycles. The summed E-state index contributed by atoms with van der Waals surface area (Å²) >= 11 is 0. The SMILES string of the molecule is O=C([O-])CNCCO. The minimum Gasteiger partial charge on any atom is -0.549 e. The van der Waals surface area contributed by atoms with E-state index in [2.05, 4.69) is 5.32 Å². The molecule has 0 aliphatic rings. The summed E-state index contributed by atoms with van der Waals surface area (Å²) < 4.78 is 0. The number of rotatable bonds is 4. The van der Waals surface area contributed by atoms with Crippen LogP contribution in [0.3, 0.4) is 0 Å². The normalized spacial score (nSPS) is 9.12. The maximum Gasteiger partial charge on any atom is 0.0556 e. The van der Waals surface area contributed by atoms with Gasteiger partial charge >= 0.3 is 0 Å². The fraction of sp³-hybridized carbons (Fsp3) is 0.750. The van der Waals surface area contributed by atoms with Crippen molar-refractivity contribution >= 4 is 5.97 Å². The maximum atomic E-state index is 9.62. The van der Waals surface area contributed by atoms with Crippen LogP contribution in [0.25, 0.3) is 0 Å². The summed E-state index contributed by atoms with van der Waals surface area (Å²) in [6, 6.07) is 0. The number of carboxylic acids is 1. The van der Waals surface area contributed by atoms with E-state index in [0.717, 1.165) is 0 Å². The average Bonchev–Trinajstić information content (AvgIpc) is 1.66. The van der Waals surface area contributed by atoms with Crippen molar-refractivity contribution in [1.29, 1.82) is 0 Å². The molecular weight excluding hydrogens is 110 g/mol. The van der Waals surface area contributed by atoms with Gasteiger partial charge in [-0.2, -0.15) is 0 Å². The van der Waals surface area contributed by atoms with E-state index in [9.17, 15) is 9.90 Å². The van der Waals surface area contributed by atoms with Gasteiger partial charge < -0.3 is 20.3 Å². The van der Waals surface area contributed by atoms with E-state index in [0.29, 0.717) is 6.54 Å². The quantitative estimate of drug-likeness (QED) is 0.394. The Hall–Kier alpha value is -0.610. The van der Waals surface area contributed by atoms with Crippen LogP contribution < -0.4 is 10.4 Å². The molecule has 0 aliphatic heterocycles. The zero-order chi connectivity index (χ0) is 6.41. The average molecular weight is 118 g/mol. The van der Waals surface area contributed by atoms with Crippen molar-refractivity contribution in [3.8, 4) is 0 Å². The highest BCUT2D eigenvalue weighted by molar-refractivity contribution is 5.66. The molecule has 4 nitrogen and oxygen atoms in total. The fourth-order valence-electron chi connectivity index (χ4n) is 0.270. The molecule has 0 aromatic carbocycles. The molecular formula is C4H8NO3-. The minimum absolute atomic E-state index is 0.0483. The Morgan fingerprint density at radius 1 is 1.75 bits per heavy atom. The first-order valence-electron chi connectivity index (χ1n) is 2.29. The van der Waals surface area contributed by atoms with E-state index in [-0.39, 0.29) is 13.2 Å². The maximum absolute atomic E-state index is 9.62. The van der Waals surface area contributed by atoms with E-state index in [4.69, 9.17) is 5.11 Å². The third-order valence-corrected chi connectivity index (χ3v) is 0.558. The highest BCUT2D eigenvalue weighted by atomic mass is 16.4. The number of hydrogen-bond donors (Lipinski definition) is 2. The van der Waals surface area contributed by atoms with E-state index in [1.54, 1.807) is 0 Å². The molecule has 0 saturated heterocycles. The van der Waals surface area contributed by atoms with E-state index in [1.165, 1.54) is 0 Å². The van der Waals surface area contributed by atoms with Crippen molar-refractivity contribution in [1.82, 2.24) is 5.32 Å². The second-order valence-electron chi connectivity index (χ2n) is 1.27. The Morgan fingerprint density at radius 3 is 2.75 bits per heavy atom. The van der Waals surface area contributed by atoms with Crippen LogP contribution in [0, 0.1) is 0 Å². The van der Waals surface area contributed by atoms with Gasteiger partial charge in [0, 0.05) is 13.1 Å². The first-order chi connectivity index (χ1) is 3.77. The number of carbonyl (C=O) groups is 1. The molecule has 0 radical (unpaired) electrons. The summed E-state index contributed by atoms with van der Waals surface area (Å²) in [6.07, 6.45) is 0. The molecule has 0 unspecified atom stereocenters. The summed E-state index contributed by atoms with van der Waals surface area (Å²) in [4.78, 5) is 9.62. The first-order valence-corrected chi connectivity index (χ1v) is 2.29. The lowest BCUT2D eigenvalue weighted by Gasteiger charge is -2.00. The van der Waals surface area contributed by atoms with Gasteiger partial charge in [0.25, 0.3) is 0 Å². The van der Waals surface area contributed by atoms with Gasteiger partial charge in [0.2, 0.25) is 0 Å². The zero-order valence-electron chi connectivity index (χ0n) is 4.39. The van der Waals surface area contributed by atoms with Crippen LogP contribution >= 0.6 is 0 Å². The van der Waals surface area contributed by atoms with Crippen molar-refractivity contribution in [2.24, 2.45) is 0 Å². The molecule has 0 heterocycles. The highest BCUT2D eigenvalue weighted by Crippen LogP contribution is 1.54. The number of aliphatic hydroxyl groups is 1.